The summed E-state index contributed by atoms with van der Waals surface area (Å²) in [6.07, 6.45) is 2.02. The van der Waals surface area contributed by atoms with Crippen LogP contribution in [0.25, 0.3) is 11.1 Å². The molecule has 0 atom stereocenters. The van der Waals surface area contributed by atoms with Gasteiger partial charge >= 0.3 is 0 Å². The third-order valence-corrected chi connectivity index (χ3v) is 5.87. The van der Waals surface area contributed by atoms with Crippen LogP contribution in [0, 0.1) is 0 Å². The highest BCUT2D eigenvalue weighted by Gasteiger charge is 2.42. The van der Waals surface area contributed by atoms with Crippen LogP contribution in [0.1, 0.15) is 77.6 Å². The Bertz CT molecular complexity index is 972. The number of fused-ring (bicyclic) bond motifs is 3. The fourth-order valence-corrected chi connectivity index (χ4v) is 4.75. The molecule has 0 radical (unpaired) electrons. The molecule has 5 rings (SSSR count). The lowest BCUT2D eigenvalue weighted by molar-refractivity contribution is 0.520. The molecule has 0 nitrogen and oxygen atoms in total. The van der Waals surface area contributed by atoms with Gasteiger partial charge in [-0.1, -0.05) is 165 Å². The lowest BCUT2D eigenvalue weighted by Gasteiger charge is -2.33. The Morgan fingerprint density at radius 2 is 0.657 bits per heavy atom. The number of rotatable bonds is 4. The first kappa shape index (κ1) is 29.9. The van der Waals surface area contributed by atoms with E-state index in [-0.39, 0.29) is 5.41 Å². The highest BCUT2D eigenvalue weighted by Crippen LogP contribution is 2.52. The van der Waals surface area contributed by atoms with Crippen LogP contribution in [-0.4, -0.2) is 0 Å². The van der Waals surface area contributed by atoms with E-state index >= 15 is 0 Å². The molecule has 1 aliphatic rings. The Hall–Kier alpha value is -3.12. The SMILES string of the molecule is CC.CC.CC.CC.c1ccc(CC2(Cc3ccccc3)c3ccccc3-c3ccccc32)cc1. The molecule has 0 N–H and O–H groups in total. The van der Waals surface area contributed by atoms with Gasteiger partial charge in [-0.25, -0.2) is 0 Å². The third-order valence-electron chi connectivity index (χ3n) is 5.87. The van der Waals surface area contributed by atoms with Crippen LogP contribution in [0.3, 0.4) is 0 Å². The van der Waals surface area contributed by atoms with Gasteiger partial charge in [0.2, 0.25) is 0 Å². The van der Waals surface area contributed by atoms with Gasteiger partial charge in [0.25, 0.3) is 0 Å². The molecule has 0 heteroatoms. The Balaban J connectivity index is 0.000000699. The maximum atomic E-state index is 2.33. The second-order valence-electron chi connectivity index (χ2n) is 7.50. The van der Waals surface area contributed by atoms with Crippen LogP contribution in [0.5, 0.6) is 0 Å². The summed E-state index contributed by atoms with van der Waals surface area (Å²) in [6.45, 7) is 16.0. The Labute approximate surface area is 216 Å². The van der Waals surface area contributed by atoms with Crippen molar-refractivity contribution in [3.8, 4) is 11.1 Å². The highest BCUT2D eigenvalue weighted by atomic mass is 14.4. The minimum atomic E-state index is -0.0319. The largest absolute Gasteiger partial charge is 0.0683 e. The van der Waals surface area contributed by atoms with E-state index < -0.39 is 0 Å². The highest BCUT2D eigenvalue weighted by molar-refractivity contribution is 5.81. The molecule has 0 aromatic heterocycles. The first-order valence-electron chi connectivity index (χ1n) is 13.6. The second-order valence-corrected chi connectivity index (χ2v) is 7.50. The van der Waals surface area contributed by atoms with Crippen LogP contribution in [-0.2, 0) is 18.3 Å². The number of hydrogen-bond acceptors (Lipinski definition) is 0. The molecule has 0 fully saturated rings. The van der Waals surface area contributed by atoms with Crippen molar-refractivity contribution < 1.29 is 0 Å². The molecule has 0 amide bonds. The van der Waals surface area contributed by atoms with E-state index in [2.05, 4.69) is 109 Å². The lowest BCUT2D eigenvalue weighted by Crippen LogP contribution is -2.31. The predicted molar refractivity (Wildman–Crippen MR) is 158 cm³/mol. The van der Waals surface area contributed by atoms with E-state index in [0.29, 0.717) is 0 Å². The van der Waals surface area contributed by atoms with Crippen molar-refractivity contribution in [1.29, 1.82) is 0 Å². The van der Waals surface area contributed by atoms with Gasteiger partial charge < -0.3 is 0 Å². The van der Waals surface area contributed by atoms with Gasteiger partial charge in [-0.05, 0) is 46.2 Å². The van der Waals surface area contributed by atoms with Gasteiger partial charge in [0.05, 0.1) is 0 Å². The van der Waals surface area contributed by atoms with E-state index in [9.17, 15) is 0 Å². The lowest BCUT2D eigenvalue weighted by atomic mass is 9.69. The van der Waals surface area contributed by atoms with Gasteiger partial charge in [-0.2, -0.15) is 0 Å². The molecule has 0 spiro atoms. The Morgan fingerprint density at radius 1 is 0.371 bits per heavy atom. The maximum Gasteiger partial charge on any atom is 0.0295 e. The molecule has 0 aliphatic heterocycles. The zero-order chi connectivity index (χ0) is 26.1. The van der Waals surface area contributed by atoms with Crippen LogP contribution < -0.4 is 0 Å². The van der Waals surface area contributed by atoms with E-state index in [4.69, 9.17) is 0 Å². The fraction of sp³-hybridized carbons (Fsp3) is 0.314. The molecule has 4 aromatic carbocycles. The second kappa shape index (κ2) is 16.5. The van der Waals surface area contributed by atoms with Gasteiger partial charge in [0, 0.05) is 5.41 Å². The molecule has 0 heterocycles. The molecule has 0 saturated carbocycles. The summed E-state index contributed by atoms with van der Waals surface area (Å²) in [6, 6.07) is 39.8. The van der Waals surface area contributed by atoms with Gasteiger partial charge in [0.1, 0.15) is 0 Å². The molecule has 0 bridgehead atoms. The van der Waals surface area contributed by atoms with Crippen molar-refractivity contribution in [2.24, 2.45) is 0 Å². The molecular weight excluding hydrogens is 420 g/mol. The van der Waals surface area contributed by atoms with Crippen molar-refractivity contribution in [1.82, 2.24) is 0 Å². The van der Waals surface area contributed by atoms with Gasteiger partial charge in [-0.3, -0.25) is 0 Å². The molecule has 35 heavy (non-hydrogen) atoms. The van der Waals surface area contributed by atoms with Crippen LogP contribution in [0.4, 0.5) is 0 Å². The molecular formula is C35H46. The smallest absolute Gasteiger partial charge is 0.0295 e. The summed E-state index contributed by atoms with van der Waals surface area (Å²) in [5.41, 5.74) is 8.44. The predicted octanol–water partition coefficient (Wildman–Crippen LogP) is 10.5. The van der Waals surface area contributed by atoms with E-state index in [0.717, 1.165) is 12.8 Å². The van der Waals surface area contributed by atoms with E-state index in [1.54, 1.807) is 0 Å². The van der Waals surface area contributed by atoms with Gasteiger partial charge in [0.15, 0.2) is 0 Å². The average molecular weight is 467 g/mol. The van der Waals surface area contributed by atoms with E-state index in [1.165, 1.54) is 33.4 Å². The first-order valence-corrected chi connectivity index (χ1v) is 13.6. The quantitative estimate of drug-likeness (QED) is 0.280. The summed E-state index contributed by atoms with van der Waals surface area (Å²) in [7, 11) is 0. The topological polar surface area (TPSA) is 0 Å². The number of benzene rings is 4. The summed E-state index contributed by atoms with van der Waals surface area (Å²) >= 11 is 0. The van der Waals surface area contributed by atoms with Crippen molar-refractivity contribution in [2.45, 2.75) is 73.6 Å². The molecule has 0 unspecified atom stereocenters. The summed E-state index contributed by atoms with van der Waals surface area (Å²) < 4.78 is 0. The van der Waals surface area contributed by atoms with Crippen molar-refractivity contribution in [2.75, 3.05) is 0 Å². The monoisotopic (exact) mass is 466 g/mol. The molecule has 4 aromatic rings. The zero-order valence-electron chi connectivity index (χ0n) is 23.3. The standard InChI is InChI=1S/C27H22.4C2H6/c1-3-11-21(12-4-1)19-27(20-22-13-5-2-6-14-22)25-17-9-7-15-23(25)24-16-8-10-18-26(24)27;4*1-2/h1-18H,19-20H2;4*1-2H3. The Kier molecular flexibility index (Phi) is 14.1. The van der Waals surface area contributed by atoms with Crippen molar-refractivity contribution in [3.63, 3.8) is 0 Å². The van der Waals surface area contributed by atoms with E-state index in [1.807, 2.05) is 55.4 Å². The fourth-order valence-electron chi connectivity index (χ4n) is 4.75. The summed E-state index contributed by atoms with van der Waals surface area (Å²) in [5.74, 6) is 0. The summed E-state index contributed by atoms with van der Waals surface area (Å²) in [4.78, 5) is 0. The van der Waals surface area contributed by atoms with Crippen molar-refractivity contribution >= 4 is 0 Å². The summed E-state index contributed by atoms with van der Waals surface area (Å²) in [5, 5.41) is 0. The first-order chi connectivity index (χ1) is 17.4. The van der Waals surface area contributed by atoms with Crippen LogP contribution in [0.2, 0.25) is 0 Å². The third kappa shape index (κ3) is 6.95. The number of hydrogen-bond donors (Lipinski definition) is 0. The normalized spacial score (nSPS) is 11.3. The zero-order valence-corrected chi connectivity index (χ0v) is 23.3. The minimum Gasteiger partial charge on any atom is -0.0683 e. The average Bonchev–Trinajstić information content (AvgIpc) is 3.24. The Morgan fingerprint density at radius 3 is 1.00 bits per heavy atom. The van der Waals surface area contributed by atoms with Crippen LogP contribution >= 0.6 is 0 Å². The van der Waals surface area contributed by atoms with Crippen LogP contribution in [0.15, 0.2) is 109 Å². The minimum absolute atomic E-state index is 0.0319. The van der Waals surface area contributed by atoms with Crippen molar-refractivity contribution in [3.05, 3.63) is 131 Å². The van der Waals surface area contributed by atoms with Gasteiger partial charge in [-0.15, -0.1) is 0 Å². The molecule has 1 aliphatic carbocycles. The molecule has 186 valence electrons. The molecule has 0 saturated heterocycles. The maximum absolute atomic E-state index is 2.33.